The van der Waals surface area contributed by atoms with Crippen LogP contribution in [0.15, 0.2) is 18.7 Å². The van der Waals surface area contributed by atoms with E-state index in [1.165, 1.54) is 11.5 Å². The quantitative estimate of drug-likeness (QED) is 0.502. The van der Waals surface area contributed by atoms with Crippen LogP contribution in [0.3, 0.4) is 0 Å². The lowest BCUT2D eigenvalue weighted by Crippen LogP contribution is -2.33. The summed E-state index contributed by atoms with van der Waals surface area (Å²) in [6.45, 7) is 5.00. The molecule has 1 aromatic rings. The van der Waals surface area contributed by atoms with Gasteiger partial charge in [-0.25, -0.2) is 9.13 Å². The Balaban J connectivity index is 2.27. The first kappa shape index (κ1) is 11.6. The molecule has 1 rings (SSSR count). The van der Waals surface area contributed by atoms with Gasteiger partial charge in [0.15, 0.2) is 0 Å². The molecule has 0 bridgehead atoms. The number of aromatic nitrogens is 2. The lowest BCUT2D eigenvalue weighted by Gasteiger charge is -1.95. The van der Waals surface area contributed by atoms with E-state index in [0.29, 0.717) is 0 Å². The zero-order chi connectivity index (χ0) is 10.2. The summed E-state index contributed by atoms with van der Waals surface area (Å²) in [5, 5.41) is 0. The molecule has 0 spiro atoms. The molecule has 3 nitrogen and oxygen atoms in total. The van der Waals surface area contributed by atoms with Crippen molar-refractivity contribution in [3.05, 3.63) is 18.7 Å². The van der Waals surface area contributed by atoms with Crippen LogP contribution in [0, 0.1) is 0 Å². The summed E-state index contributed by atoms with van der Waals surface area (Å²) >= 11 is 1.98. The monoisotopic (exact) mass is 215 g/mol. The summed E-state index contributed by atoms with van der Waals surface area (Å²) in [7, 11) is 1.73. The molecule has 14 heavy (non-hydrogen) atoms. The largest absolute Gasteiger partial charge is 0.381 e. The van der Waals surface area contributed by atoms with Crippen LogP contribution < -0.4 is 4.57 Å². The summed E-state index contributed by atoms with van der Waals surface area (Å²) in [4.78, 5) is 0. The van der Waals surface area contributed by atoms with Gasteiger partial charge < -0.3 is 4.74 Å². The average Bonchev–Trinajstić information content (AvgIpc) is 2.63. The summed E-state index contributed by atoms with van der Waals surface area (Å²) in [6.07, 6.45) is 6.34. The molecule has 0 saturated heterocycles. The molecule has 0 aliphatic carbocycles. The molecular formula is C10H19N2OS+. The van der Waals surface area contributed by atoms with E-state index in [4.69, 9.17) is 4.74 Å². The topological polar surface area (TPSA) is 18.0 Å². The van der Waals surface area contributed by atoms with Crippen molar-refractivity contribution >= 4 is 11.8 Å². The molecule has 80 valence electrons. The molecule has 0 amide bonds. The highest BCUT2D eigenvalue weighted by atomic mass is 32.2. The van der Waals surface area contributed by atoms with Gasteiger partial charge in [0.25, 0.3) is 0 Å². The second-order valence-corrected chi connectivity index (χ2v) is 4.47. The predicted octanol–water partition coefficient (Wildman–Crippen LogP) is 1.18. The van der Waals surface area contributed by atoms with Crippen molar-refractivity contribution in [1.29, 1.82) is 0 Å². The van der Waals surface area contributed by atoms with Gasteiger partial charge in [-0.1, -0.05) is 6.92 Å². The maximum absolute atomic E-state index is 5.02. The van der Waals surface area contributed by atoms with Gasteiger partial charge in [0.1, 0.15) is 18.9 Å². The predicted molar refractivity (Wildman–Crippen MR) is 59.5 cm³/mol. The van der Waals surface area contributed by atoms with Gasteiger partial charge in [0.05, 0.1) is 13.2 Å². The van der Waals surface area contributed by atoms with Crippen molar-refractivity contribution in [2.45, 2.75) is 20.0 Å². The minimum Gasteiger partial charge on any atom is -0.381 e. The third-order valence-corrected chi connectivity index (χ3v) is 2.88. The molecule has 0 atom stereocenters. The number of aryl methyl sites for hydroxylation is 1. The highest BCUT2D eigenvalue weighted by molar-refractivity contribution is 7.99. The molecule has 0 saturated carbocycles. The Morgan fingerprint density at radius 2 is 2.36 bits per heavy atom. The van der Waals surface area contributed by atoms with E-state index in [-0.39, 0.29) is 0 Å². The van der Waals surface area contributed by atoms with Gasteiger partial charge in [0.2, 0.25) is 6.33 Å². The molecular weight excluding hydrogens is 196 g/mol. The number of nitrogens with zero attached hydrogens (tertiary/aromatic N) is 2. The molecule has 0 aromatic carbocycles. The normalized spacial score (nSPS) is 10.7. The van der Waals surface area contributed by atoms with Gasteiger partial charge in [-0.2, -0.15) is 11.8 Å². The minimum absolute atomic E-state index is 0.776. The smallest absolute Gasteiger partial charge is 0.243 e. The molecule has 0 unspecified atom stereocenters. The van der Waals surface area contributed by atoms with Crippen molar-refractivity contribution in [1.82, 2.24) is 4.57 Å². The number of hydrogen-bond donors (Lipinski definition) is 0. The number of ether oxygens (including phenoxy) is 1. The van der Waals surface area contributed by atoms with Crippen molar-refractivity contribution < 1.29 is 9.30 Å². The van der Waals surface area contributed by atoms with Crippen molar-refractivity contribution in [3.8, 4) is 0 Å². The third kappa shape index (κ3) is 4.15. The van der Waals surface area contributed by atoms with Crippen molar-refractivity contribution in [3.63, 3.8) is 0 Å². The number of hydrogen-bond acceptors (Lipinski definition) is 2. The maximum atomic E-state index is 5.02. The van der Waals surface area contributed by atoms with Crippen LogP contribution in [0.25, 0.3) is 0 Å². The fourth-order valence-electron chi connectivity index (χ4n) is 1.21. The molecule has 0 radical (unpaired) electrons. The first-order valence-electron chi connectivity index (χ1n) is 4.98. The highest BCUT2D eigenvalue weighted by Crippen LogP contribution is 1.99. The third-order valence-electron chi connectivity index (χ3n) is 2.00. The van der Waals surface area contributed by atoms with Crippen LogP contribution >= 0.6 is 11.8 Å². The average molecular weight is 215 g/mol. The van der Waals surface area contributed by atoms with Gasteiger partial charge in [-0.3, -0.25) is 0 Å². The van der Waals surface area contributed by atoms with E-state index in [2.05, 4.69) is 34.8 Å². The van der Waals surface area contributed by atoms with Crippen molar-refractivity contribution in [2.24, 2.45) is 0 Å². The zero-order valence-corrected chi connectivity index (χ0v) is 9.80. The molecule has 1 aromatic heterocycles. The Labute approximate surface area is 90.1 Å². The van der Waals surface area contributed by atoms with E-state index < -0.39 is 0 Å². The standard InChI is InChI=1S/C10H19N2OS/c1-3-14-9-7-12-5-4-11(10-12)6-8-13-2/h4-5,10H,3,6-9H2,1-2H3/q+1. The first-order valence-corrected chi connectivity index (χ1v) is 6.13. The van der Waals surface area contributed by atoms with Crippen molar-refractivity contribution in [2.75, 3.05) is 25.2 Å². The molecule has 0 fully saturated rings. The lowest BCUT2D eigenvalue weighted by atomic mass is 10.7. The van der Waals surface area contributed by atoms with E-state index in [9.17, 15) is 0 Å². The van der Waals surface area contributed by atoms with Crippen LogP contribution in [-0.4, -0.2) is 29.8 Å². The summed E-state index contributed by atoms with van der Waals surface area (Å²) in [5.41, 5.74) is 0. The summed E-state index contributed by atoms with van der Waals surface area (Å²) in [5.74, 6) is 2.39. The van der Waals surface area contributed by atoms with Gasteiger partial charge in [-0.05, 0) is 5.75 Å². The Morgan fingerprint density at radius 1 is 1.50 bits per heavy atom. The number of rotatable bonds is 7. The van der Waals surface area contributed by atoms with Crippen LogP contribution in [0.4, 0.5) is 0 Å². The summed E-state index contributed by atoms with van der Waals surface area (Å²) in [6, 6.07) is 0. The van der Waals surface area contributed by atoms with E-state index in [1.54, 1.807) is 7.11 Å². The van der Waals surface area contributed by atoms with E-state index in [0.717, 1.165) is 19.7 Å². The maximum Gasteiger partial charge on any atom is 0.243 e. The first-order chi connectivity index (χ1) is 6.86. The summed E-state index contributed by atoms with van der Waals surface area (Å²) < 4.78 is 9.39. The molecule has 4 heteroatoms. The van der Waals surface area contributed by atoms with Gasteiger partial charge in [0, 0.05) is 12.9 Å². The molecule has 0 aliphatic rings. The number of imidazole rings is 1. The van der Waals surface area contributed by atoms with E-state index >= 15 is 0 Å². The van der Waals surface area contributed by atoms with Gasteiger partial charge in [-0.15, -0.1) is 0 Å². The number of thioether (sulfide) groups is 1. The highest BCUT2D eigenvalue weighted by Gasteiger charge is 2.02. The van der Waals surface area contributed by atoms with Gasteiger partial charge >= 0.3 is 0 Å². The molecule has 0 aliphatic heterocycles. The zero-order valence-electron chi connectivity index (χ0n) is 8.98. The van der Waals surface area contributed by atoms with Crippen LogP contribution in [-0.2, 0) is 17.8 Å². The Morgan fingerprint density at radius 3 is 3.07 bits per heavy atom. The molecule has 1 heterocycles. The lowest BCUT2D eigenvalue weighted by molar-refractivity contribution is -0.697. The SMILES string of the molecule is CCSCCn1cc[n+](CCOC)c1. The Hall–Kier alpha value is -0.480. The minimum atomic E-state index is 0.776. The second kappa shape index (κ2) is 6.90. The molecule has 0 N–H and O–H groups in total. The Bertz CT molecular complexity index is 250. The van der Waals surface area contributed by atoms with Crippen LogP contribution in [0.5, 0.6) is 0 Å². The van der Waals surface area contributed by atoms with E-state index in [1.807, 2.05) is 11.8 Å². The second-order valence-electron chi connectivity index (χ2n) is 3.08. The van der Waals surface area contributed by atoms with Crippen LogP contribution in [0.1, 0.15) is 6.92 Å². The number of methoxy groups -OCH3 is 1. The van der Waals surface area contributed by atoms with Crippen LogP contribution in [0.2, 0.25) is 0 Å². The Kier molecular flexibility index (Phi) is 5.71. The fourth-order valence-corrected chi connectivity index (χ4v) is 1.84. The fraction of sp³-hybridized carbons (Fsp3) is 0.700.